The van der Waals surface area contributed by atoms with Crippen molar-refractivity contribution in [2.75, 3.05) is 13.1 Å². The zero-order valence-electron chi connectivity index (χ0n) is 7.63. The maximum Gasteiger partial charge on any atom is 0.0252 e. The highest BCUT2D eigenvalue weighted by Crippen LogP contribution is 2.35. The summed E-state index contributed by atoms with van der Waals surface area (Å²) in [6.07, 6.45) is 7.28. The summed E-state index contributed by atoms with van der Waals surface area (Å²) < 4.78 is 0. The molecule has 0 aromatic rings. The van der Waals surface area contributed by atoms with Crippen molar-refractivity contribution in [2.24, 2.45) is 0 Å². The van der Waals surface area contributed by atoms with Gasteiger partial charge in [-0.2, -0.15) is 0 Å². The third-order valence-corrected chi connectivity index (χ3v) is 3.70. The van der Waals surface area contributed by atoms with Gasteiger partial charge in [-0.1, -0.05) is 6.42 Å². The fourth-order valence-corrected chi connectivity index (χ4v) is 2.98. The van der Waals surface area contributed by atoms with E-state index in [0.717, 1.165) is 18.1 Å². The molecule has 2 aliphatic carbocycles. The van der Waals surface area contributed by atoms with Crippen LogP contribution in [0.2, 0.25) is 0 Å². The molecule has 1 heterocycles. The normalized spacial score (nSPS) is 43.0. The van der Waals surface area contributed by atoms with Crippen molar-refractivity contribution in [1.82, 2.24) is 10.2 Å². The number of hydrogen-bond acceptors (Lipinski definition) is 2. The minimum atomic E-state index is 0.847. The van der Waals surface area contributed by atoms with Gasteiger partial charge >= 0.3 is 0 Å². The molecule has 1 N–H and O–H groups in total. The predicted octanol–water partition coefficient (Wildman–Crippen LogP) is 0.975. The van der Waals surface area contributed by atoms with E-state index < -0.39 is 0 Å². The Morgan fingerprint density at radius 3 is 2.83 bits per heavy atom. The topological polar surface area (TPSA) is 15.3 Å². The fraction of sp³-hybridized carbons (Fsp3) is 1.00. The van der Waals surface area contributed by atoms with Gasteiger partial charge in [0.15, 0.2) is 0 Å². The van der Waals surface area contributed by atoms with Gasteiger partial charge in [0.25, 0.3) is 0 Å². The van der Waals surface area contributed by atoms with E-state index in [4.69, 9.17) is 0 Å². The monoisotopic (exact) mass is 166 g/mol. The van der Waals surface area contributed by atoms with E-state index in [-0.39, 0.29) is 0 Å². The highest BCUT2D eigenvalue weighted by atomic mass is 15.3. The van der Waals surface area contributed by atoms with Gasteiger partial charge in [-0.15, -0.1) is 0 Å². The van der Waals surface area contributed by atoms with Gasteiger partial charge in [0.1, 0.15) is 0 Å². The summed E-state index contributed by atoms with van der Waals surface area (Å²) in [6, 6.07) is 2.74. The van der Waals surface area contributed by atoms with E-state index in [1.165, 1.54) is 45.2 Å². The Balaban J connectivity index is 1.74. The molecule has 12 heavy (non-hydrogen) atoms. The Labute approximate surface area is 74.3 Å². The Morgan fingerprint density at radius 2 is 2.00 bits per heavy atom. The van der Waals surface area contributed by atoms with Crippen molar-refractivity contribution in [2.45, 2.75) is 50.2 Å². The molecule has 0 aromatic heterocycles. The predicted molar refractivity (Wildman–Crippen MR) is 49.2 cm³/mol. The third-order valence-electron chi connectivity index (χ3n) is 3.70. The van der Waals surface area contributed by atoms with Crippen LogP contribution in [-0.4, -0.2) is 36.1 Å². The highest BCUT2D eigenvalue weighted by Gasteiger charge is 2.41. The van der Waals surface area contributed by atoms with Crippen LogP contribution in [0.3, 0.4) is 0 Å². The second-order valence-corrected chi connectivity index (χ2v) is 4.53. The number of piperazine rings is 1. The molecule has 68 valence electrons. The summed E-state index contributed by atoms with van der Waals surface area (Å²) in [7, 11) is 0. The number of hydrogen-bond donors (Lipinski definition) is 1. The molecule has 3 fully saturated rings. The molecule has 3 aliphatic rings. The second-order valence-electron chi connectivity index (χ2n) is 4.53. The number of fused-ring (bicyclic) bond motifs is 1. The zero-order valence-corrected chi connectivity index (χ0v) is 7.63. The molecular weight excluding hydrogens is 148 g/mol. The quantitative estimate of drug-likeness (QED) is 0.624. The first-order valence-electron chi connectivity index (χ1n) is 5.44. The van der Waals surface area contributed by atoms with Crippen molar-refractivity contribution in [3.8, 4) is 0 Å². The standard InChI is InChI=1S/C10H18N2/c1-2-9-10(3-1)12(7-6-11-9)8-4-5-8/h8-11H,1-7H2/t9-,10-/m0/s1. The van der Waals surface area contributed by atoms with E-state index >= 15 is 0 Å². The molecule has 0 spiro atoms. The van der Waals surface area contributed by atoms with Gasteiger partial charge in [0.05, 0.1) is 0 Å². The number of nitrogens with zero attached hydrogens (tertiary/aromatic N) is 1. The summed E-state index contributed by atoms with van der Waals surface area (Å²) in [5.74, 6) is 0. The van der Waals surface area contributed by atoms with Gasteiger partial charge in [0, 0.05) is 31.2 Å². The first-order chi connectivity index (χ1) is 5.95. The largest absolute Gasteiger partial charge is 0.311 e. The molecule has 2 atom stereocenters. The van der Waals surface area contributed by atoms with Crippen LogP contribution in [-0.2, 0) is 0 Å². The van der Waals surface area contributed by atoms with Crippen molar-refractivity contribution < 1.29 is 0 Å². The Kier molecular flexibility index (Phi) is 1.66. The van der Waals surface area contributed by atoms with E-state index in [0.29, 0.717) is 0 Å². The zero-order chi connectivity index (χ0) is 7.97. The lowest BCUT2D eigenvalue weighted by Crippen LogP contribution is -2.55. The van der Waals surface area contributed by atoms with Crippen LogP contribution in [0, 0.1) is 0 Å². The molecule has 2 saturated carbocycles. The van der Waals surface area contributed by atoms with Crippen molar-refractivity contribution in [3.63, 3.8) is 0 Å². The van der Waals surface area contributed by atoms with Crippen LogP contribution >= 0.6 is 0 Å². The van der Waals surface area contributed by atoms with Gasteiger partial charge in [-0.3, -0.25) is 4.90 Å². The first-order valence-corrected chi connectivity index (χ1v) is 5.44. The maximum atomic E-state index is 3.65. The summed E-state index contributed by atoms with van der Waals surface area (Å²) in [6.45, 7) is 2.55. The van der Waals surface area contributed by atoms with Crippen LogP contribution in [0.5, 0.6) is 0 Å². The lowest BCUT2D eigenvalue weighted by Gasteiger charge is -2.38. The third kappa shape index (κ3) is 1.09. The molecule has 1 saturated heterocycles. The molecule has 0 amide bonds. The fourth-order valence-electron chi connectivity index (χ4n) is 2.98. The summed E-state index contributed by atoms with van der Waals surface area (Å²) in [4.78, 5) is 2.79. The number of rotatable bonds is 1. The van der Waals surface area contributed by atoms with Crippen LogP contribution < -0.4 is 5.32 Å². The molecule has 0 unspecified atom stereocenters. The second kappa shape index (κ2) is 2.71. The van der Waals surface area contributed by atoms with E-state index in [9.17, 15) is 0 Å². The van der Waals surface area contributed by atoms with Gasteiger partial charge in [-0.05, 0) is 25.7 Å². The maximum absolute atomic E-state index is 3.65. The summed E-state index contributed by atoms with van der Waals surface area (Å²) in [5.41, 5.74) is 0. The minimum Gasteiger partial charge on any atom is -0.311 e. The van der Waals surface area contributed by atoms with Crippen molar-refractivity contribution in [1.29, 1.82) is 0 Å². The molecule has 2 heteroatoms. The smallest absolute Gasteiger partial charge is 0.0252 e. The molecule has 0 aromatic carbocycles. The van der Waals surface area contributed by atoms with Crippen LogP contribution in [0.25, 0.3) is 0 Å². The van der Waals surface area contributed by atoms with E-state index in [1.54, 1.807) is 0 Å². The minimum absolute atomic E-state index is 0.847. The summed E-state index contributed by atoms with van der Waals surface area (Å²) in [5, 5.41) is 3.65. The Hall–Kier alpha value is -0.0800. The van der Waals surface area contributed by atoms with Gasteiger partial charge in [0.2, 0.25) is 0 Å². The SMILES string of the molecule is C1C[C@@H]2NCCN(C3CC3)[C@H]2C1. The molecule has 0 bridgehead atoms. The van der Waals surface area contributed by atoms with Gasteiger partial charge in [-0.25, -0.2) is 0 Å². The Morgan fingerprint density at radius 1 is 1.08 bits per heavy atom. The molecule has 3 rings (SSSR count). The van der Waals surface area contributed by atoms with Crippen molar-refractivity contribution >= 4 is 0 Å². The average Bonchev–Trinajstić information content (AvgIpc) is 2.82. The highest BCUT2D eigenvalue weighted by molar-refractivity contribution is 4.99. The van der Waals surface area contributed by atoms with Gasteiger partial charge < -0.3 is 5.32 Å². The number of nitrogens with one attached hydrogen (secondary N) is 1. The average molecular weight is 166 g/mol. The van der Waals surface area contributed by atoms with Crippen LogP contribution in [0.1, 0.15) is 32.1 Å². The lowest BCUT2D eigenvalue weighted by molar-refractivity contribution is 0.128. The van der Waals surface area contributed by atoms with Crippen molar-refractivity contribution in [3.05, 3.63) is 0 Å². The van der Waals surface area contributed by atoms with E-state index in [2.05, 4.69) is 10.2 Å². The van der Waals surface area contributed by atoms with E-state index in [1.807, 2.05) is 0 Å². The molecule has 1 aliphatic heterocycles. The molecule has 0 radical (unpaired) electrons. The molecule has 2 nitrogen and oxygen atoms in total. The Bertz CT molecular complexity index is 177. The van der Waals surface area contributed by atoms with Crippen LogP contribution in [0.4, 0.5) is 0 Å². The first kappa shape index (κ1) is 7.34. The summed E-state index contributed by atoms with van der Waals surface area (Å²) >= 11 is 0. The molecular formula is C10H18N2. The van der Waals surface area contributed by atoms with Crippen LogP contribution in [0.15, 0.2) is 0 Å². The lowest BCUT2D eigenvalue weighted by atomic mass is 10.1.